The number of rotatable bonds is 7. The number of methoxy groups -OCH3 is 1. The van der Waals surface area contributed by atoms with Crippen LogP contribution in [0.2, 0.25) is 0 Å². The van der Waals surface area contributed by atoms with Gasteiger partial charge in [0.2, 0.25) is 5.91 Å². The molecule has 1 aromatic carbocycles. The Balaban J connectivity index is 2.68. The van der Waals surface area contributed by atoms with Gasteiger partial charge in [-0.25, -0.2) is 0 Å². The highest BCUT2D eigenvalue weighted by Crippen LogP contribution is 2.20. The molecule has 0 spiro atoms. The van der Waals surface area contributed by atoms with Gasteiger partial charge in [-0.1, -0.05) is 26.0 Å². The number of carbonyl (C=O) groups is 1. The molecule has 4 heteroatoms. The van der Waals surface area contributed by atoms with Gasteiger partial charge in [-0.05, 0) is 37.0 Å². The molecule has 0 aliphatic heterocycles. The quantitative estimate of drug-likeness (QED) is 0.805. The lowest BCUT2D eigenvalue weighted by Gasteiger charge is -2.21. The first-order chi connectivity index (χ1) is 9.47. The fourth-order valence-electron chi connectivity index (χ4n) is 2.20. The summed E-state index contributed by atoms with van der Waals surface area (Å²) < 4.78 is 5.20. The van der Waals surface area contributed by atoms with Crippen LogP contribution in [0.3, 0.4) is 0 Å². The van der Waals surface area contributed by atoms with E-state index in [1.165, 1.54) is 0 Å². The third kappa shape index (κ3) is 4.85. The molecule has 1 amide bonds. The van der Waals surface area contributed by atoms with Gasteiger partial charge in [0.25, 0.3) is 0 Å². The monoisotopic (exact) mass is 278 g/mol. The van der Waals surface area contributed by atoms with E-state index >= 15 is 0 Å². The maximum atomic E-state index is 12.2. The highest BCUT2D eigenvalue weighted by molar-refractivity contribution is 5.79. The third-order valence-corrected chi connectivity index (χ3v) is 3.36. The van der Waals surface area contributed by atoms with E-state index in [9.17, 15) is 4.79 Å². The summed E-state index contributed by atoms with van der Waals surface area (Å²) in [6.45, 7) is 6.55. The van der Waals surface area contributed by atoms with Gasteiger partial charge in [-0.3, -0.25) is 4.79 Å². The van der Waals surface area contributed by atoms with E-state index in [0.29, 0.717) is 12.5 Å². The molecule has 3 N–H and O–H groups in total. The molecule has 0 heterocycles. The van der Waals surface area contributed by atoms with Crippen LogP contribution >= 0.6 is 0 Å². The van der Waals surface area contributed by atoms with Gasteiger partial charge in [-0.15, -0.1) is 0 Å². The van der Waals surface area contributed by atoms with E-state index in [2.05, 4.69) is 19.2 Å². The van der Waals surface area contributed by atoms with E-state index in [-0.39, 0.29) is 17.9 Å². The largest absolute Gasteiger partial charge is 0.497 e. The zero-order valence-electron chi connectivity index (χ0n) is 12.8. The molecule has 0 aliphatic rings. The van der Waals surface area contributed by atoms with Crippen molar-refractivity contribution >= 4 is 5.91 Å². The number of nitrogens with one attached hydrogen (secondary N) is 1. The summed E-state index contributed by atoms with van der Waals surface area (Å²) in [7, 11) is 1.63. The minimum Gasteiger partial charge on any atom is -0.497 e. The van der Waals surface area contributed by atoms with Gasteiger partial charge in [-0.2, -0.15) is 0 Å². The zero-order valence-corrected chi connectivity index (χ0v) is 12.8. The highest BCUT2D eigenvalue weighted by atomic mass is 16.5. The fraction of sp³-hybridized carbons (Fsp3) is 0.562. The number of ether oxygens (including phenoxy) is 1. The van der Waals surface area contributed by atoms with Gasteiger partial charge in [0, 0.05) is 6.54 Å². The Kier molecular flexibility index (Phi) is 6.52. The Morgan fingerprint density at radius 2 is 2.05 bits per heavy atom. The van der Waals surface area contributed by atoms with Crippen LogP contribution < -0.4 is 15.8 Å². The van der Waals surface area contributed by atoms with Crippen molar-refractivity contribution in [2.75, 3.05) is 13.7 Å². The van der Waals surface area contributed by atoms with Gasteiger partial charge in [0.1, 0.15) is 5.75 Å². The van der Waals surface area contributed by atoms with Crippen LogP contribution in [-0.2, 0) is 4.79 Å². The van der Waals surface area contributed by atoms with Gasteiger partial charge in [0.05, 0.1) is 19.1 Å². The predicted octanol–water partition coefficient (Wildman–Crippen LogP) is 2.49. The van der Waals surface area contributed by atoms with Crippen LogP contribution in [0, 0.1) is 11.8 Å². The fourth-order valence-corrected chi connectivity index (χ4v) is 2.20. The summed E-state index contributed by atoms with van der Waals surface area (Å²) in [6, 6.07) is 7.67. The topological polar surface area (TPSA) is 64.3 Å². The second-order valence-electron chi connectivity index (χ2n) is 5.57. The lowest BCUT2D eigenvalue weighted by atomic mass is 9.96. The summed E-state index contributed by atoms with van der Waals surface area (Å²) >= 11 is 0. The SMILES string of the molecule is COc1cccc([C@H](C)NC(=O)C(CN)CC(C)C)c1. The Hall–Kier alpha value is -1.55. The first-order valence-corrected chi connectivity index (χ1v) is 7.12. The van der Waals surface area contributed by atoms with Gasteiger partial charge >= 0.3 is 0 Å². The summed E-state index contributed by atoms with van der Waals surface area (Å²) in [5.41, 5.74) is 6.73. The molecule has 0 bridgehead atoms. The van der Waals surface area contributed by atoms with Crippen molar-refractivity contribution < 1.29 is 9.53 Å². The standard InChI is InChI=1S/C16H26N2O2/c1-11(2)8-14(10-17)16(19)18-12(3)13-6-5-7-15(9-13)20-4/h5-7,9,11-12,14H,8,10,17H2,1-4H3,(H,18,19)/t12-,14?/m0/s1. The molecule has 0 aromatic heterocycles. The average Bonchev–Trinajstić information content (AvgIpc) is 2.44. The summed E-state index contributed by atoms with van der Waals surface area (Å²) in [5, 5.41) is 3.03. The number of carbonyl (C=O) groups excluding carboxylic acids is 1. The maximum absolute atomic E-state index is 12.2. The predicted molar refractivity (Wildman–Crippen MR) is 81.6 cm³/mol. The van der Waals surface area contributed by atoms with E-state index in [4.69, 9.17) is 10.5 Å². The van der Waals surface area contributed by atoms with E-state index in [0.717, 1.165) is 17.7 Å². The molecule has 0 aliphatic carbocycles. The summed E-state index contributed by atoms with van der Waals surface area (Å²) in [4.78, 5) is 12.2. The Morgan fingerprint density at radius 1 is 1.35 bits per heavy atom. The van der Waals surface area contributed by atoms with Crippen molar-refractivity contribution in [1.82, 2.24) is 5.32 Å². The number of hydrogen-bond donors (Lipinski definition) is 2. The number of benzene rings is 1. The van der Waals surface area contributed by atoms with Crippen molar-refractivity contribution in [2.24, 2.45) is 17.6 Å². The molecule has 0 saturated heterocycles. The number of amides is 1. The average molecular weight is 278 g/mol. The molecule has 1 aromatic rings. The van der Waals surface area contributed by atoms with Crippen LogP contribution in [-0.4, -0.2) is 19.6 Å². The molecule has 0 fully saturated rings. The Bertz CT molecular complexity index is 432. The lowest BCUT2D eigenvalue weighted by Crippen LogP contribution is -2.37. The Morgan fingerprint density at radius 3 is 2.60 bits per heavy atom. The van der Waals surface area contributed by atoms with Crippen LogP contribution in [0.1, 0.15) is 38.8 Å². The first-order valence-electron chi connectivity index (χ1n) is 7.12. The molecule has 4 nitrogen and oxygen atoms in total. The van der Waals surface area contributed by atoms with Crippen LogP contribution in [0.4, 0.5) is 0 Å². The molecule has 1 rings (SSSR count). The second-order valence-corrected chi connectivity index (χ2v) is 5.57. The minimum absolute atomic E-state index is 0.0246. The smallest absolute Gasteiger partial charge is 0.224 e. The molecule has 20 heavy (non-hydrogen) atoms. The van der Waals surface area contributed by atoms with Crippen LogP contribution in [0.5, 0.6) is 5.75 Å². The molecular formula is C16H26N2O2. The van der Waals surface area contributed by atoms with Gasteiger partial charge < -0.3 is 15.8 Å². The highest BCUT2D eigenvalue weighted by Gasteiger charge is 2.20. The third-order valence-electron chi connectivity index (χ3n) is 3.36. The Labute approximate surface area is 121 Å². The van der Waals surface area contributed by atoms with Crippen molar-refractivity contribution in [3.05, 3.63) is 29.8 Å². The van der Waals surface area contributed by atoms with Crippen molar-refractivity contribution in [1.29, 1.82) is 0 Å². The molecule has 2 atom stereocenters. The second kappa shape index (κ2) is 7.90. The van der Waals surface area contributed by atoms with Crippen LogP contribution in [0.25, 0.3) is 0 Å². The normalized spacial score (nSPS) is 13.9. The number of hydrogen-bond acceptors (Lipinski definition) is 3. The van der Waals surface area contributed by atoms with Crippen LogP contribution in [0.15, 0.2) is 24.3 Å². The summed E-state index contributed by atoms with van der Waals surface area (Å²) in [6.07, 6.45) is 0.813. The lowest BCUT2D eigenvalue weighted by molar-refractivity contribution is -0.125. The molecule has 1 unspecified atom stereocenters. The van der Waals surface area contributed by atoms with Crippen molar-refractivity contribution in [3.8, 4) is 5.75 Å². The number of nitrogens with two attached hydrogens (primary N) is 1. The van der Waals surface area contributed by atoms with Crippen molar-refractivity contribution in [3.63, 3.8) is 0 Å². The first kappa shape index (κ1) is 16.5. The van der Waals surface area contributed by atoms with E-state index in [1.54, 1.807) is 7.11 Å². The molecule has 0 saturated carbocycles. The zero-order chi connectivity index (χ0) is 15.1. The van der Waals surface area contributed by atoms with E-state index in [1.807, 2.05) is 31.2 Å². The maximum Gasteiger partial charge on any atom is 0.224 e. The summed E-state index contributed by atoms with van der Waals surface area (Å²) in [5.74, 6) is 1.15. The van der Waals surface area contributed by atoms with Gasteiger partial charge in [0.15, 0.2) is 0 Å². The van der Waals surface area contributed by atoms with Crippen molar-refractivity contribution in [2.45, 2.75) is 33.2 Å². The van der Waals surface area contributed by atoms with E-state index < -0.39 is 0 Å². The molecule has 112 valence electrons. The minimum atomic E-state index is -0.122. The molecular weight excluding hydrogens is 252 g/mol. The molecule has 0 radical (unpaired) electrons.